The number of anilines is 2. The second-order valence-corrected chi connectivity index (χ2v) is 5.76. The Hall–Kier alpha value is -1.91. The number of nitrogens with one attached hydrogen (secondary N) is 1. The van der Waals surface area contributed by atoms with Crippen molar-refractivity contribution in [3.8, 4) is 0 Å². The number of benzene rings is 1. The van der Waals surface area contributed by atoms with Crippen molar-refractivity contribution >= 4 is 11.6 Å². The summed E-state index contributed by atoms with van der Waals surface area (Å²) in [7, 11) is 0. The van der Waals surface area contributed by atoms with Crippen LogP contribution in [0.5, 0.6) is 0 Å². The molecule has 5 heteroatoms. The molecule has 1 heterocycles. The maximum atomic E-state index is 14.0. The van der Waals surface area contributed by atoms with E-state index in [1.807, 2.05) is 13.1 Å². The molecule has 0 atom stereocenters. The van der Waals surface area contributed by atoms with Crippen LogP contribution in [0.1, 0.15) is 43.0 Å². The Kier molecular flexibility index (Phi) is 3.66. The van der Waals surface area contributed by atoms with Crippen LogP contribution < -0.4 is 5.32 Å². The van der Waals surface area contributed by atoms with Crippen molar-refractivity contribution in [3.05, 3.63) is 41.2 Å². The summed E-state index contributed by atoms with van der Waals surface area (Å²) in [6.07, 6.45) is 6.59. The van der Waals surface area contributed by atoms with Gasteiger partial charge in [-0.25, -0.2) is 13.8 Å². The topological polar surface area (TPSA) is 29.9 Å². The summed E-state index contributed by atoms with van der Waals surface area (Å²) in [6.45, 7) is 3.45. The summed E-state index contributed by atoms with van der Waals surface area (Å²) in [5, 5.41) is 2.94. The van der Waals surface area contributed by atoms with Crippen molar-refractivity contribution < 1.29 is 8.78 Å². The fourth-order valence-electron chi connectivity index (χ4n) is 2.93. The molecule has 3 rings (SSSR count). The molecule has 1 aromatic carbocycles. The van der Waals surface area contributed by atoms with E-state index in [1.54, 1.807) is 6.92 Å². The highest BCUT2D eigenvalue weighted by atomic mass is 19.1. The molecule has 1 N–H and O–H groups in total. The fraction of sp³-hybridized carbons (Fsp3) is 0.438. The lowest BCUT2D eigenvalue weighted by Crippen LogP contribution is -2.09. The van der Waals surface area contributed by atoms with Crippen molar-refractivity contribution in [2.45, 2.75) is 45.6 Å². The number of rotatable bonds is 3. The van der Waals surface area contributed by atoms with Gasteiger partial charge in [0.1, 0.15) is 11.6 Å². The zero-order chi connectivity index (χ0) is 15.0. The van der Waals surface area contributed by atoms with Gasteiger partial charge in [0.25, 0.3) is 0 Å². The molecule has 0 bridgehead atoms. The number of hydrogen-bond donors (Lipinski definition) is 1. The number of imidazole rings is 1. The van der Waals surface area contributed by atoms with E-state index in [4.69, 9.17) is 0 Å². The maximum absolute atomic E-state index is 14.0. The van der Waals surface area contributed by atoms with E-state index in [0.29, 0.717) is 17.6 Å². The second-order valence-electron chi connectivity index (χ2n) is 5.76. The first-order chi connectivity index (χ1) is 10.0. The van der Waals surface area contributed by atoms with Crippen molar-refractivity contribution in [2.75, 3.05) is 5.32 Å². The van der Waals surface area contributed by atoms with E-state index in [-0.39, 0.29) is 5.69 Å². The molecule has 3 nitrogen and oxygen atoms in total. The molecule has 0 aliphatic heterocycles. The average molecular weight is 291 g/mol. The monoisotopic (exact) mass is 291 g/mol. The zero-order valence-corrected chi connectivity index (χ0v) is 12.3. The molecule has 21 heavy (non-hydrogen) atoms. The van der Waals surface area contributed by atoms with E-state index in [1.165, 1.54) is 25.0 Å². The lowest BCUT2D eigenvalue weighted by Gasteiger charge is -2.16. The van der Waals surface area contributed by atoms with Gasteiger partial charge in [-0.2, -0.15) is 0 Å². The highest BCUT2D eigenvalue weighted by Gasteiger charge is 2.21. The number of halogens is 2. The van der Waals surface area contributed by atoms with Crippen LogP contribution in [0, 0.1) is 25.5 Å². The van der Waals surface area contributed by atoms with Gasteiger partial charge in [0.2, 0.25) is 5.95 Å². The van der Waals surface area contributed by atoms with Crippen LogP contribution in [0.3, 0.4) is 0 Å². The van der Waals surface area contributed by atoms with Gasteiger partial charge in [0.05, 0.1) is 11.4 Å². The van der Waals surface area contributed by atoms with E-state index in [9.17, 15) is 8.78 Å². The Labute approximate surface area is 123 Å². The predicted molar refractivity (Wildman–Crippen MR) is 78.8 cm³/mol. The summed E-state index contributed by atoms with van der Waals surface area (Å²) in [6, 6.07) is 2.79. The minimum Gasteiger partial charge on any atom is -0.323 e. The van der Waals surface area contributed by atoms with Crippen LogP contribution in [0.4, 0.5) is 20.4 Å². The molecule has 1 aliphatic carbocycles. The predicted octanol–water partition coefficient (Wildman–Crippen LogP) is 4.64. The number of aromatic nitrogens is 2. The Morgan fingerprint density at radius 1 is 1.14 bits per heavy atom. The van der Waals surface area contributed by atoms with Crippen molar-refractivity contribution in [1.29, 1.82) is 0 Å². The molecular weight excluding hydrogens is 272 g/mol. The minimum atomic E-state index is -0.465. The first-order valence-corrected chi connectivity index (χ1v) is 7.33. The van der Waals surface area contributed by atoms with Gasteiger partial charge in [0.15, 0.2) is 0 Å². The van der Waals surface area contributed by atoms with Crippen LogP contribution in [0.2, 0.25) is 0 Å². The highest BCUT2D eigenvalue weighted by molar-refractivity contribution is 5.56. The van der Waals surface area contributed by atoms with E-state index in [2.05, 4.69) is 14.9 Å². The van der Waals surface area contributed by atoms with Gasteiger partial charge >= 0.3 is 0 Å². The van der Waals surface area contributed by atoms with Gasteiger partial charge in [-0.05, 0) is 38.3 Å². The lowest BCUT2D eigenvalue weighted by atomic mass is 10.2. The second kappa shape index (κ2) is 5.47. The largest absolute Gasteiger partial charge is 0.323 e. The molecule has 2 aromatic rings. The number of nitrogens with zero attached hydrogens (tertiary/aromatic N) is 2. The fourth-order valence-corrected chi connectivity index (χ4v) is 2.93. The van der Waals surface area contributed by atoms with Crippen LogP contribution in [0.25, 0.3) is 0 Å². The molecule has 1 aromatic heterocycles. The van der Waals surface area contributed by atoms with E-state index >= 15 is 0 Å². The quantitative estimate of drug-likeness (QED) is 0.893. The SMILES string of the molecule is Cc1cn(C2CCCC2)c(Nc2cc(F)c(C)cc2F)n1. The summed E-state index contributed by atoms with van der Waals surface area (Å²) < 4.78 is 29.7. The summed E-state index contributed by atoms with van der Waals surface area (Å²) in [5.74, 6) is -0.302. The third kappa shape index (κ3) is 2.77. The van der Waals surface area contributed by atoms with Gasteiger partial charge in [-0.1, -0.05) is 12.8 Å². The van der Waals surface area contributed by atoms with Crippen LogP contribution >= 0.6 is 0 Å². The first kappa shape index (κ1) is 14.0. The third-order valence-electron chi connectivity index (χ3n) is 4.07. The van der Waals surface area contributed by atoms with Gasteiger partial charge in [0, 0.05) is 18.3 Å². The Morgan fingerprint density at radius 2 is 1.86 bits per heavy atom. The molecule has 0 spiro atoms. The Morgan fingerprint density at radius 3 is 2.57 bits per heavy atom. The van der Waals surface area contributed by atoms with Crippen molar-refractivity contribution in [1.82, 2.24) is 9.55 Å². The van der Waals surface area contributed by atoms with Gasteiger partial charge < -0.3 is 9.88 Å². The Balaban J connectivity index is 1.93. The first-order valence-electron chi connectivity index (χ1n) is 7.33. The van der Waals surface area contributed by atoms with Gasteiger partial charge in [-0.15, -0.1) is 0 Å². The van der Waals surface area contributed by atoms with Crippen LogP contribution in [0.15, 0.2) is 18.3 Å². The highest BCUT2D eigenvalue weighted by Crippen LogP contribution is 2.33. The minimum absolute atomic E-state index is 0.128. The van der Waals surface area contributed by atoms with Crippen molar-refractivity contribution in [2.24, 2.45) is 0 Å². The number of hydrogen-bond acceptors (Lipinski definition) is 2. The molecule has 0 saturated heterocycles. The summed E-state index contributed by atoms with van der Waals surface area (Å²) in [4.78, 5) is 4.41. The lowest BCUT2D eigenvalue weighted by molar-refractivity contribution is 0.524. The van der Waals surface area contributed by atoms with Crippen LogP contribution in [-0.2, 0) is 0 Å². The zero-order valence-electron chi connectivity index (χ0n) is 12.3. The summed E-state index contributed by atoms with van der Waals surface area (Å²) >= 11 is 0. The standard InChI is InChI=1S/C16H19F2N3/c1-10-7-14(18)15(8-13(10)17)20-16-19-11(2)9-21(16)12-5-3-4-6-12/h7-9,12H,3-6H2,1-2H3,(H,19,20). The summed E-state index contributed by atoms with van der Waals surface area (Å²) in [5.41, 5.74) is 1.30. The molecule has 0 amide bonds. The Bertz CT molecular complexity index is 658. The van der Waals surface area contributed by atoms with Gasteiger partial charge in [-0.3, -0.25) is 0 Å². The molecule has 1 saturated carbocycles. The third-order valence-corrected chi connectivity index (χ3v) is 4.07. The van der Waals surface area contributed by atoms with E-state index < -0.39 is 11.6 Å². The molecule has 112 valence electrons. The molecule has 0 unspecified atom stereocenters. The normalized spacial score (nSPS) is 15.6. The smallest absolute Gasteiger partial charge is 0.207 e. The van der Waals surface area contributed by atoms with E-state index in [0.717, 1.165) is 18.5 Å². The van der Waals surface area contributed by atoms with Crippen molar-refractivity contribution in [3.63, 3.8) is 0 Å². The van der Waals surface area contributed by atoms with Crippen LogP contribution in [-0.4, -0.2) is 9.55 Å². The average Bonchev–Trinajstić information content (AvgIpc) is 3.05. The molecule has 0 radical (unpaired) electrons. The molecule has 1 fully saturated rings. The molecule has 1 aliphatic rings. The number of aryl methyl sites for hydroxylation is 2. The maximum Gasteiger partial charge on any atom is 0.207 e. The molecular formula is C16H19F2N3.